The quantitative estimate of drug-likeness (QED) is 0.603. The predicted molar refractivity (Wildman–Crippen MR) is 112 cm³/mol. The highest BCUT2D eigenvalue weighted by molar-refractivity contribution is 7.09. The average Bonchev–Trinajstić information content (AvgIpc) is 3.05. The summed E-state index contributed by atoms with van der Waals surface area (Å²) in [4.78, 5) is 37.5. The van der Waals surface area contributed by atoms with E-state index in [-0.39, 0.29) is 17.0 Å². The summed E-state index contributed by atoms with van der Waals surface area (Å²) in [5.41, 5.74) is 6.06. The first-order valence-corrected chi connectivity index (χ1v) is 10.2. The SMILES string of the molecule is Cc1sc(=O)n(CC(=O)NNC(=O)c2ccc3c(c2)OCCO3)c1-c1ccc(F)cc1. The predicted octanol–water partition coefficient (Wildman–Crippen LogP) is 2.26. The summed E-state index contributed by atoms with van der Waals surface area (Å²) in [5.74, 6) is -0.529. The van der Waals surface area contributed by atoms with Gasteiger partial charge in [0.2, 0.25) is 0 Å². The second kappa shape index (κ2) is 8.60. The van der Waals surface area contributed by atoms with E-state index in [0.717, 1.165) is 11.3 Å². The number of hydrogen-bond acceptors (Lipinski definition) is 6. The van der Waals surface area contributed by atoms with Crippen LogP contribution in [0.2, 0.25) is 0 Å². The number of hydrogen-bond donors (Lipinski definition) is 2. The highest BCUT2D eigenvalue weighted by atomic mass is 32.1. The minimum atomic E-state index is -0.589. The molecule has 0 fully saturated rings. The van der Waals surface area contributed by atoms with Crippen LogP contribution in [-0.4, -0.2) is 29.6 Å². The number of ether oxygens (including phenoxy) is 2. The van der Waals surface area contributed by atoms with Crippen molar-refractivity contribution in [2.45, 2.75) is 13.5 Å². The first-order valence-electron chi connectivity index (χ1n) is 9.37. The number of nitrogens with zero attached hydrogens (tertiary/aromatic N) is 1. The monoisotopic (exact) mass is 443 g/mol. The van der Waals surface area contributed by atoms with Gasteiger partial charge in [-0.2, -0.15) is 0 Å². The van der Waals surface area contributed by atoms with Gasteiger partial charge in [-0.25, -0.2) is 4.39 Å². The summed E-state index contributed by atoms with van der Waals surface area (Å²) in [6.07, 6.45) is 0. The molecule has 0 bridgehead atoms. The van der Waals surface area contributed by atoms with Gasteiger partial charge in [0, 0.05) is 10.4 Å². The number of halogens is 1. The van der Waals surface area contributed by atoms with Gasteiger partial charge < -0.3 is 9.47 Å². The fourth-order valence-electron chi connectivity index (χ4n) is 3.19. The van der Waals surface area contributed by atoms with Crippen LogP contribution >= 0.6 is 11.3 Å². The lowest BCUT2D eigenvalue weighted by atomic mass is 10.1. The third-order valence-corrected chi connectivity index (χ3v) is 5.50. The van der Waals surface area contributed by atoms with E-state index in [4.69, 9.17) is 9.47 Å². The van der Waals surface area contributed by atoms with Crippen LogP contribution in [0, 0.1) is 12.7 Å². The van der Waals surface area contributed by atoms with Crippen LogP contribution in [-0.2, 0) is 11.3 Å². The molecular formula is C21H18FN3O5S. The number of fused-ring (bicyclic) bond motifs is 1. The number of nitrogens with one attached hydrogen (secondary N) is 2. The maximum atomic E-state index is 13.2. The molecule has 2 aromatic carbocycles. The highest BCUT2D eigenvalue weighted by Crippen LogP contribution is 2.30. The summed E-state index contributed by atoms with van der Waals surface area (Å²) in [5, 5.41) is 0. The van der Waals surface area contributed by atoms with Crippen LogP contribution < -0.4 is 25.2 Å². The number of hydrazine groups is 1. The number of rotatable bonds is 4. The van der Waals surface area contributed by atoms with E-state index in [1.54, 1.807) is 31.2 Å². The molecule has 0 aliphatic carbocycles. The molecule has 2 amide bonds. The van der Waals surface area contributed by atoms with Crippen LogP contribution in [0.3, 0.4) is 0 Å². The van der Waals surface area contributed by atoms with E-state index in [1.807, 2.05) is 0 Å². The molecule has 0 spiro atoms. The van der Waals surface area contributed by atoms with E-state index < -0.39 is 17.6 Å². The summed E-state index contributed by atoms with van der Waals surface area (Å²) >= 11 is 0.992. The Kier molecular flexibility index (Phi) is 5.72. The standard InChI is InChI=1S/C21H18FN3O5S/c1-12-19(13-2-5-15(22)6-3-13)25(21(28)31-12)11-18(26)23-24-20(27)14-4-7-16-17(10-14)30-9-8-29-16/h2-7,10H,8-9,11H2,1H3,(H,23,26)(H,24,27). The van der Waals surface area contributed by atoms with Crippen molar-refractivity contribution in [3.63, 3.8) is 0 Å². The molecule has 10 heteroatoms. The highest BCUT2D eigenvalue weighted by Gasteiger charge is 2.18. The summed E-state index contributed by atoms with van der Waals surface area (Å²) < 4.78 is 25.4. The molecule has 0 saturated carbocycles. The Balaban J connectivity index is 1.44. The van der Waals surface area contributed by atoms with E-state index in [9.17, 15) is 18.8 Å². The molecule has 1 aromatic heterocycles. The van der Waals surface area contributed by atoms with Crippen LogP contribution in [0.5, 0.6) is 11.5 Å². The third-order valence-electron chi connectivity index (χ3n) is 4.60. The van der Waals surface area contributed by atoms with Crippen molar-refractivity contribution in [1.29, 1.82) is 0 Å². The lowest BCUT2D eigenvalue weighted by molar-refractivity contribution is -0.122. The van der Waals surface area contributed by atoms with Crippen LogP contribution in [0.25, 0.3) is 11.3 Å². The molecule has 4 rings (SSSR count). The zero-order valence-electron chi connectivity index (χ0n) is 16.4. The molecule has 0 unspecified atom stereocenters. The van der Waals surface area contributed by atoms with E-state index >= 15 is 0 Å². The zero-order chi connectivity index (χ0) is 22.0. The van der Waals surface area contributed by atoms with Gasteiger partial charge in [0.25, 0.3) is 11.8 Å². The van der Waals surface area contributed by atoms with Gasteiger partial charge >= 0.3 is 4.87 Å². The van der Waals surface area contributed by atoms with E-state index in [2.05, 4.69) is 10.9 Å². The second-order valence-electron chi connectivity index (χ2n) is 6.73. The van der Waals surface area contributed by atoms with E-state index in [0.29, 0.717) is 40.8 Å². The summed E-state index contributed by atoms with van der Waals surface area (Å²) in [6.45, 7) is 2.27. The van der Waals surface area contributed by atoms with Crippen molar-refractivity contribution in [3.8, 4) is 22.8 Å². The number of carbonyl (C=O) groups is 2. The molecule has 0 atom stereocenters. The Labute approximate surface area is 180 Å². The Morgan fingerprint density at radius 3 is 2.52 bits per heavy atom. The van der Waals surface area contributed by atoms with Crippen molar-refractivity contribution >= 4 is 23.2 Å². The molecule has 160 valence electrons. The second-order valence-corrected chi connectivity index (χ2v) is 7.89. The molecular weight excluding hydrogens is 425 g/mol. The molecule has 3 aromatic rings. The first-order chi connectivity index (χ1) is 14.9. The lowest BCUT2D eigenvalue weighted by Crippen LogP contribution is -2.44. The normalized spacial score (nSPS) is 12.3. The molecule has 0 radical (unpaired) electrons. The first kappa shape index (κ1) is 20.6. The molecule has 8 nitrogen and oxygen atoms in total. The number of thiazole rings is 1. The van der Waals surface area contributed by atoms with Gasteiger partial charge in [-0.3, -0.25) is 29.8 Å². The summed E-state index contributed by atoms with van der Waals surface area (Å²) in [6, 6.07) is 10.4. The number of aryl methyl sites for hydroxylation is 1. The lowest BCUT2D eigenvalue weighted by Gasteiger charge is -2.18. The van der Waals surface area contributed by atoms with Crippen molar-refractivity contribution in [3.05, 3.63) is 68.4 Å². The summed E-state index contributed by atoms with van der Waals surface area (Å²) in [7, 11) is 0. The molecule has 2 N–H and O–H groups in total. The molecule has 0 saturated heterocycles. The Morgan fingerprint density at radius 2 is 1.77 bits per heavy atom. The maximum absolute atomic E-state index is 13.2. The Morgan fingerprint density at radius 1 is 1.06 bits per heavy atom. The average molecular weight is 443 g/mol. The van der Waals surface area contributed by atoms with Gasteiger partial charge in [-0.1, -0.05) is 11.3 Å². The molecule has 31 heavy (non-hydrogen) atoms. The van der Waals surface area contributed by atoms with Gasteiger partial charge in [0.1, 0.15) is 25.6 Å². The van der Waals surface area contributed by atoms with Crippen molar-refractivity contribution in [1.82, 2.24) is 15.4 Å². The number of aromatic nitrogens is 1. The largest absolute Gasteiger partial charge is 0.486 e. The third kappa shape index (κ3) is 4.43. The van der Waals surface area contributed by atoms with Crippen molar-refractivity contribution in [2.75, 3.05) is 13.2 Å². The van der Waals surface area contributed by atoms with Gasteiger partial charge in [-0.15, -0.1) is 0 Å². The van der Waals surface area contributed by atoms with Gasteiger partial charge in [-0.05, 0) is 55.0 Å². The minimum absolute atomic E-state index is 0.278. The number of carbonyl (C=O) groups excluding carboxylic acids is 2. The number of amides is 2. The minimum Gasteiger partial charge on any atom is -0.486 e. The van der Waals surface area contributed by atoms with Crippen LogP contribution in [0.4, 0.5) is 4.39 Å². The van der Waals surface area contributed by atoms with E-state index in [1.165, 1.54) is 22.8 Å². The Hall–Kier alpha value is -3.66. The number of benzene rings is 2. The maximum Gasteiger partial charge on any atom is 0.308 e. The van der Waals surface area contributed by atoms with Crippen molar-refractivity contribution in [2.24, 2.45) is 0 Å². The van der Waals surface area contributed by atoms with Crippen LogP contribution in [0.1, 0.15) is 15.2 Å². The van der Waals surface area contributed by atoms with Gasteiger partial charge in [0.05, 0.1) is 5.69 Å². The molecule has 2 heterocycles. The smallest absolute Gasteiger partial charge is 0.308 e. The molecule has 1 aliphatic rings. The molecule has 1 aliphatic heterocycles. The fourth-order valence-corrected chi connectivity index (χ4v) is 4.05. The zero-order valence-corrected chi connectivity index (χ0v) is 17.3. The van der Waals surface area contributed by atoms with Crippen molar-refractivity contribution < 1.29 is 23.5 Å². The topological polar surface area (TPSA) is 98.7 Å². The van der Waals surface area contributed by atoms with Crippen LogP contribution in [0.15, 0.2) is 47.3 Å². The fraction of sp³-hybridized carbons (Fsp3) is 0.190. The van der Waals surface area contributed by atoms with Gasteiger partial charge in [0.15, 0.2) is 11.5 Å². The Bertz CT molecular complexity index is 1200.